The molecule has 1 amide bonds. The number of hydrogen-bond donors (Lipinski definition) is 2. The molecule has 6 nitrogen and oxygen atoms in total. The van der Waals surface area contributed by atoms with Crippen LogP contribution in [0.5, 0.6) is 0 Å². The molecule has 0 aliphatic heterocycles. The number of rotatable bonds is 7. The van der Waals surface area contributed by atoms with E-state index in [1.807, 2.05) is 6.07 Å². The van der Waals surface area contributed by atoms with E-state index in [-0.39, 0.29) is 6.61 Å². The van der Waals surface area contributed by atoms with Crippen LogP contribution in [0.1, 0.15) is 22.3 Å². The van der Waals surface area contributed by atoms with Crippen LogP contribution in [-0.4, -0.2) is 29.0 Å². The maximum absolute atomic E-state index is 12.1. The molecule has 0 radical (unpaired) electrons. The molecule has 0 saturated carbocycles. The number of esters is 1. The maximum Gasteiger partial charge on any atom is 0.326 e. The number of hydrogen-bond acceptors (Lipinski definition) is 4. The van der Waals surface area contributed by atoms with Crippen LogP contribution in [0.25, 0.3) is 0 Å². The average Bonchev–Trinajstić information content (AvgIpc) is 2.60. The molecule has 0 spiro atoms. The Kier molecular flexibility index (Phi) is 6.71. The highest BCUT2D eigenvalue weighted by molar-refractivity contribution is 9.10. The van der Waals surface area contributed by atoms with Crippen molar-refractivity contribution in [3.63, 3.8) is 0 Å². The fourth-order valence-corrected chi connectivity index (χ4v) is 2.43. The molecule has 2 aromatic carbocycles. The fraction of sp³-hybridized carbons (Fsp3) is 0.167. The van der Waals surface area contributed by atoms with Crippen molar-refractivity contribution in [1.29, 1.82) is 0 Å². The minimum atomic E-state index is -1.37. The molecule has 0 aliphatic carbocycles. The summed E-state index contributed by atoms with van der Waals surface area (Å²) in [6.07, 6.45) is -0.456. The third-order valence-electron chi connectivity index (χ3n) is 3.30. The van der Waals surface area contributed by atoms with Crippen LogP contribution in [0.2, 0.25) is 0 Å². The molecule has 25 heavy (non-hydrogen) atoms. The van der Waals surface area contributed by atoms with Gasteiger partial charge in [0.15, 0.2) is 0 Å². The molecule has 0 bridgehead atoms. The number of ether oxygens (including phenoxy) is 1. The van der Waals surface area contributed by atoms with Crippen LogP contribution in [0.4, 0.5) is 0 Å². The Morgan fingerprint density at radius 2 is 1.80 bits per heavy atom. The van der Waals surface area contributed by atoms with Gasteiger partial charge in [-0.3, -0.25) is 9.59 Å². The topological polar surface area (TPSA) is 92.7 Å². The van der Waals surface area contributed by atoms with E-state index in [4.69, 9.17) is 4.74 Å². The lowest BCUT2D eigenvalue weighted by atomic mass is 10.1. The SMILES string of the molecule is O=C(C[C@H](NC(=O)c1cccc(Br)c1)C(=O)O)OCc1ccccc1. The zero-order valence-corrected chi connectivity index (χ0v) is 14.7. The van der Waals surface area contributed by atoms with Crippen LogP contribution >= 0.6 is 15.9 Å². The highest BCUT2D eigenvalue weighted by atomic mass is 79.9. The Labute approximate surface area is 152 Å². The largest absolute Gasteiger partial charge is 0.480 e. The second kappa shape index (κ2) is 8.98. The number of carboxylic acid groups (broad SMARTS) is 1. The first-order valence-electron chi connectivity index (χ1n) is 7.44. The van der Waals surface area contributed by atoms with Gasteiger partial charge in [-0.25, -0.2) is 4.79 Å². The fourth-order valence-electron chi connectivity index (χ4n) is 2.04. The predicted molar refractivity (Wildman–Crippen MR) is 93.9 cm³/mol. The van der Waals surface area contributed by atoms with Gasteiger partial charge in [0.2, 0.25) is 0 Å². The number of nitrogens with one attached hydrogen (secondary N) is 1. The van der Waals surface area contributed by atoms with Gasteiger partial charge < -0.3 is 15.2 Å². The van der Waals surface area contributed by atoms with Crippen molar-refractivity contribution in [2.24, 2.45) is 0 Å². The second-order valence-electron chi connectivity index (χ2n) is 5.23. The van der Waals surface area contributed by atoms with Gasteiger partial charge in [-0.1, -0.05) is 52.3 Å². The summed E-state index contributed by atoms with van der Waals surface area (Å²) in [7, 11) is 0. The van der Waals surface area contributed by atoms with Crippen LogP contribution in [0.3, 0.4) is 0 Å². The van der Waals surface area contributed by atoms with Crippen molar-refractivity contribution in [2.75, 3.05) is 0 Å². The van der Waals surface area contributed by atoms with E-state index in [9.17, 15) is 19.5 Å². The van der Waals surface area contributed by atoms with E-state index >= 15 is 0 Å². The third kappa shape index (κ3) is 6.04. The monoisotopic (exact) mass is 405 g/mol. The zero-order chi connectivity index (χ0) is 18.2. The van der Waals surface area contributed by atoms with Crippen molar-refractivity contribution in [1.82, 2.24) is 5.32 Å². The Morgan fingerprint density at radius 3 is 2.44 bits per heavy atom. The number of aliphatic carboxylic acids is 1. The summed E-state index contributed by atoms with van der Waals surface area (Å²) < 4.78 is 5.74. The minimum Gasteiger partial charge on any atom is -0.480 e. The Balaban J connectivity index is 1.92. The highest BCUT2D eigenvalue weighted by Gasteiger charge is 2.24. The summed E-state index contributed by atoms with van der Waals surface area (Å²) in [4.78, 5) is 35.3. The van der Waals surface area contributed by atoms with E-state index in [0.29, 0.717) is 10.0 Å². The molecule has 0 aromatic heterocycles. The number of halogens is 1. The lowest BCUT2D eigenvalue weighted by molar-refractivity contribution is -0.150. The zero-order valence-electron chi connectivity index (χ0n) is 13.1. The van der Waals surface area contributed by atoms with Crippen molar-refractivity contribution in [3.05, 3.63) is 70.2 Å². The standard InChI is InChI=1S/C18H16BrNO5/c19-14-8-4-7-13(9-14)17(22)20-15(18(23)24)10-16(21)25-11-12-5-2-1-3-6-12/h1-9,15H,10-11H2,(H,20,22)(H,23,24)/t15-/m0/s1. The van der Waals surface area contributed by atoms with Crippen molar-refractivity contribution in [2.45, 2.75) is 19.1 Å². The van der Waals surface area contributed by atoms with Gasteiger partial charge in [-0.2, -0.15) is 0 Å². The van der Waals surface area contributed by atoms with Gasteiger partial charge >= 0.3 is 11.9 Å². The molecule has 0 saturated heterocycles. The molecule has 0 heterocycles. The first-order chi connectivity index (χ1) is 12.0. The van der Waals surface area contributed by atoms with Gasteiger partial charge in [0.1, 0.15) is 12.6 Å². The molecular weight excluding hydrogens is 390 g/mol. The maximum atomic E-state index is 12.1. The first-order valence-corrected chi connectivity index (χ1v) is 8.24. The van der Waals surface area contributed by atoms with Crippen molar-refractivity contribution < 1.29 is 24.2 Å². The molecule has 2 rings (SSSR count). The molecule has 0 aliphatic rings. The lowest BCUT2D eigenvalue weighted by Crippen LogP contribution is -2.42. The molecule has 2 aromatic rings. The van der Waals surface area contributed by atoms with Gasteiger partial charge in [-0.15, -0.1) is 0 Å². The summed E-state index contributed by atoms with van der Waals surface area (Å²) in [5.74, 6) is -2.59. The smallest absolute Gasteiger partial charge is 0.326 e. The normalized spacial score (nSPS) is 11.4. The Morgan fingerprint density at radius 1 is 1.08 bits per heavy atom. The quantitative estimate of drug-likeness (QED) is 0.690. The van der Waals surface area contributed by atoms with Crippen LogP contribution in [-0.2, 0) is 20.9 Å². The number of benzene rings is 2. The van der Waals surface area contributed by atoms with Gasteiger partial charge in [0, 0.05) is 10.0 Å². The van der Waals surface area contributed by atoms with E-state index in [1.54, 1.807) is 48.5 Å². The van der Waals surface area contributed by atoms with E-state index in [1.165, 1.54) is 0 Å². The molecule has 1 atom stereocenters. The summed E-state index contributed by atoms with van der Waals surface area (Å²) in [5.41, 5.74) is 1.08. The average molecular weight is 406 g/mol. The number of carboxylic acids is 1. The second-order valence-corrected chi connectivity index (χ2v) is 6.14. The third-order valence-corrected chi connectivity index (χ3v) is 3.80. The van der Waals surface area contributed by atoms with Gasteiger partial charge in [0.05, 0.1) is 6.42 Å². The summed E-state index contributed by atoms with van der Waals surface area (Å²) in [6, 6.07) is 14.2. The summed E-state index contributed by atoms with van der Waals surface area (Å²) in [6.45, 7) is 0.0472. The summed E-state index contributed by atoms with van der Waals surface area (Å²) in [5, 5.41) is 11.6. The highest BCUT2D eigenvalue weighted by Crippen LogP contribution is 2.12. The predicted octanol–water partition coefficient (Wildman–Crippen LogP) is 2.77. The molecule has 0 unspecified atom stereocenters. The molecule has 2 N–H and O–H groups in total. The van der Waals surface area contributed by atoms with E-state index in [2.05, 4.69) is 21.2 Å². The van der Waals surface area contributed by atoms with Crippen molar-refractivity contribution in [3.8, 4) is 0 Å². The summed E-state index contributed by atoms with van der Waals surface area (Å²) >= 11 is 3.24. The van der Waals surface area contributed by atoms with Crippen LogP contribution in [0.15, 0.2) is 59.1 Å². The molecule has 0 fully saturated rings. The van der Waals surface area contributed by atoms with Crippen LogP contribution < -0.4 is 5.32 Å². The van der Waals surface area contributed by atoms with Crippen molar-refractivity contribution >= 4 is 33.8 Å². The minimum absolute atomic E-state index is 0.0472. The lowest BCUT2D eigenvalue weighted by Gasteiger charge is -2.14. The molecular formula is C18H16BrNO5. The van der Waals surface area contributed by atoms with Gasteiger partial charge in [0.25, 0.3) is 5.91 Å². The number of carbonyl (C=O) groups excluding carboxylic acids is 2. The van der Waals surface area contributed by atoms with E-state index in [0.717, 1.165) is 5.56 Å². The first kappa shape index (κ1) is 18.7. The Hall–Kier alpha value is -2.67. The number of amides is 1. The van der Waals surface area contributed by atoms with Gasteiger partial charge in [-0.05, 0) is 23.8 Å². The molecule has 130 valence electrons. The van der Waals surface area contributed by atoms with Crippen LogP contribution in [0, 0.1) is 0 Å². The Bertz CT molecular complexity index is 763. The molecule has 7 heteroatoms. The van der Waals surface area contributed by atoms with E-state index < -0.39 is 30.3 Å². The number of carbonyl (C=O) groups is 3.